The van der Waals surface area contributed by atoms with Crippen molar-refractivity contribution >= 4 is 0 Å². The molecular weight excluding hydrogens is 216 g/mol. The quantitative estimate of drug-likeness (QED) is 0.866. The lowest BCUT2D eigenvalue weighted by atomic mass is 10.4. The third kappa shape index (κ3) is 3.22. The molecular formula is C12H14N4O. The molecule has 2 heterocycles. The third-order valence-electron chi connectivity index (χ3n) is 2.16. The summed E-state index contributed by atoms with van der Waals surface area (Å²) in [6, 6.07) is 7.41. The molecule has 0 atom stereocenters. The lowest BCUT2D eigenvalue weighted by molar-refractivity contribution is 0.451. The van der Waals surface area contributed by atoms with Gasteiger partial charge in [-0.3, -0.25) is 4.98 Å². The van der Waals surface area contributed by atoms with Gasteiger partial charge in [-0.25, -0.2) is 0 Å². The number of nitrogens with one attached hydrogen (secondary N) is 1. The number of hydrogen-bond donors (Lipinski definition) is 1. The Morgan fingerprint density at radius 1 is 1.18 bits per heavy atom. The van der Waals surface area contributed by atoms with Crippen LogP contribution in [0.1, 0.15) is 11.4 Å². The van der Waals surface area contributed by atoms with E-state index in [1.54, 1.807) is 12.3 Å². The summed E-state index contributed by atoms with van der Waals surface area (Å²) in [5.74, 6) is 1.13. The van der Waals surface area contributed by atoms with Gasteiger partial charge in [0.15, 0.2) is 0 Å². The zero-order valence-corrected chi connectivity index (χ0v) is 9.84. The molecule has 0 saturated carbocycles. The Labute approximate surface area is 99.9 Å². The van der Waals surface area contributed by atoms with Crippen molar-refractivity contribution in [2.24, 2.45) is 0 Å². The van der Waals surface area contributed by atoms with Gasteiger partial charge in [0.2, 0.25) is 5.88 Å². The fraction of sp³-hybridized carbons (Fsp3) is 0.250. The topological polar surface area (TPSA) is 59.9 Å². The fourth-order valence-corrected chi connectivity index (χ4v) is 1.31. The molecule has 17 heavy (non-hydrogen) atoms. The highest BCUT2D eigenvalue weighted by atomic mass is 16.5. The van der Waals surface area contributed by atoms with Gasteiger partial charge < -0.3 is 10.1 Å². The van der Waals surface area contributed by atoms with Crippen molar-refractivity contribution in [3.63, 3.8) is 0 Å². The van der Waals surface area contributed by atoms with E-state index in [0.29, 0.717) is 18.2 Å². The Kier molecular flexibility index (Phi) is 3.62. The average Bonchev–Trinajstić information content (AvgIpc) is 2.35. The Bertz CT molecular complexity index is 467. The molecule has 0 saturated heterocycles. The zero-order chi connectivity index (χ0) is 12.1. The minimum Gasteiger partial charge on any atom is -0.436 e. The van der Waals surface area contributed by atoms with Crippen LogP contribution in [0.15, 0.2) is 30.5 Å². The van der Waals surface area contributed by atoms with E-state index in [1.165, 1.54) is 0 Å². The Morgan fingerprint density at radius 2 is 2.06 bits per heavy atom. The molecule has 0 aliphatic carbocycles. The summed E-state index contributed by atoms with van der Waals surface area (Å²) in [7, 11) is 1.87. The van der Waals surface area contributed by atoms with Crippen molar-refractivity contribution in [3.8, 4) is 11.6 Å². The monoisotopic (exact) mass is 230 g/mol. The Balaban J connectivity index is 2.05. The normalized spacial score (nSPS) is 10.2. The van der Waals surface area contributed by atoms with E-state index in [9.17, 15) is 0 Å². The highest BCUT2D eigenvalue weighted by Gasteiger charge is 2.00. The van der Waals surface area contributed by atoms with Crippen LogP contribution >= 0.6 is 0 Å². The van der Waals surface area contributed by atoms with Crippen LogP contribution in [0.4, 0.5) is 0 Å². The van der Waals surface area contributed by atoms with Crippen LogP contribution < -0.4 is 10.1 Å². The van der Waals surface area contributed by atoms with Crippen molar-refractivity contribution < 1.29 is 4.74 Å². The van der Waals surface area contributed by atoms with Crippen LogP contribution in [0.25, 0.3) is 0 Å². The molecule has 5 nitrogen and oxygen atoms in total. The number of ether oxygens (including phenoxy) is 1. The van der Waals surface area contributed by atoms with E-state index in [2.05, 4.69) is 20.5 Å². The summed E-state index contributed by atoms with van der Waals surface area (Å²) in [6.07, 6.45) is 1.67. The highest BCUT2D eigenvalue weighted by molar-refractivity contribution is 5.24. The number of aryl methyl sites for hydroxylation is 1. The standard InChI is InChI=1S/C12H14N4O/c1-9-3-5-11(8-14-9)17-12-6-4-10(7-13-2)15-16-12/h3-6,8,13H,7H2,1-2H3. The van der Waals surface area contributed by atoms with Crippen LogP contribution in [-0.4, -0.2) is 22.2 Å². The summed E-state index contributed by atoms with van der Waals surface area (Å²) in [5, 5.41) is 11.0. The lowest BCUT2D eigenvalue weighted by Gasteiger charge is -2.04. The largest absolute Gasteiger partial charge is 0.436 e. The van der Waals surface area contributed by atoms with Gasteiger partial charge >= 0.3 is 0 Å². The van der Waals surface area contributed by atoms with Crippen molar-refractivity contribution in [1.82, 2.24) is 20.5 Å². The molecule has 88 valence electrons. The van der Waals surface area contributed by atoms with Gasteiger partial charge in [-0.15, -0.1) is 5.10 Å². The first-order valence-corrected chi connectivity index (χ1v) is 5.35. The molecule has 0 aliphatic heterocycles. The molecule has 0 fully saturated rings. The van der Waals surface area contributed by atoms with Gasteiger partial charge in [0, 0.05) is 18.3 Å². The number of pyridine rings is 1. The third-order valence-corrected chi connectivity index (χ3v) is 2.16. The van der Waals surface area contributed by atoms with Crippen molar-refractivity contribution in [2.45, 2.75) is 13.5 Å². The smallest absolute Gasteiger partial charge is 0.238 e. The Hall–Kier alpha value is -2.01. The van der Waals surface area contributed by atoms with Crippen LogP contribution in [0, 0.1) is 6.92 Å². The molecule has 0 aliphatic rings. The lowest BCUT2D eigenvalue weighted by Crippen LogP contribution is -2.07. The van der Waals surface area contributed by atoms with E-state index < -0.39 is 0 Å². The van der Waals surface area contributed by atoms with Crippen LogP contribution in [0.3, 0.4) is 0 Å². The molecule has 0 amide bonds. The van der Waals surface area contributed by atoms with Crippen LogP contribution in [0.2, 0.25) is 0 Å². The van der Waals surface area contributed by atoms with Gasteiger partial charge in [0.05, 0.1) is 11.9 Å². The number of nitrogens with zero attached hydrogens (tertiary/aromatic N) is 3. The van der Waals surface area contributed by atoms with Gasteiger partial charge in [-0.2, -0.15) is 5.10 Å². The number of hydrogen-bond acceptors (Lipinski definition) is 5. The second-order valence-electron chi connectivity index (χ2n) is 3.63. The fourth-order valence-electron chi connectivity index (χ4n) is 1.31. The average molecular weight is 230 g/mol. The van der Waals surface area contributed by atoms with Crippen molar-refractivity contribution in [3.05, 3.63) is 41.9 Å². The second-order valence-corrected chi connectivity index (χ2v) is 3.63. The predicted molar refractivity (Wildman–Crippen MR) is 63.8 cm³/mol. The molecule has 0 unspecified atom stereocenters. The second kappa shape index (κ2) is 5.36. The molecule has 1 N–H and O–H groups in total. The molecule has 0 spiro atoms. The Morgan fingerprint density at radius 3 is 2.65 bits per heavy atom. The molecule has 5 heteroatoms. The predicted octanol–water partition coefficient (Wildman–Crippen LogP) is 1.69. The molecule has 2 aromatic heterocycles. The summed E-state index contributed by atoms with van der Waals surface area (Å²) in [4.78, 5) is 4.14. The minimum atomic E-state index is 0.468. The number of rotatable bonds is 4. The summed E-state index contributed by atoms with van der Waals surface area (Å²) < 4.78 is 5.51. The molecule has 0 bridgehead atoms. The minimum absolute atomic E-state index is 0.468. The summed E-state index contributed by atoms with van der Waals surface area (Å²) >= 11 is 0. The maximum absolute atomic E-state index is 5.51. The van der Waals surface area contributed by atoms with Crippen molar-refractivity contribution in [1.29, 1.82) is 0 Å². The molecule has 2 aromatic rings. The van der Waals surface area contributed by atoms with E-state index in [0.717, 1.165) is 11.4 Å². The van der Waals surface area contributed by atoms with E-state index >= 15 is 0 Å². The van der Waals surface area contributed by atoms with Gasteiger partial charge in [-0.1, -0.05) is 0 Å². The first-order chi connectivity index (χ1) is 8.28. The molecule has 0 radical (unpaired) electrons. The maximum atomic E-state index is 5.51. The van der Waals surface area contributed by atoms with Crippen molar-refractivity contribution in [2.75, 3.05) is 7.05 Å². The first kappa shape index (κ1) is 11.5. The zero-order valence-electron chi connectivity index (χ0n) is 9.84. The van der Waals surface area contributed by atoms with E-state index in [-0.39, 0.29) is 0 Å². The van der Waals surface area contributed by atoms with Gasteiger partial charge in [-0.05, 0) is 32.2 Å². The van der Waals surface area contributed by atoms with Crippen LogP contribution in [0.5, 0.6) is 11.6 Å². The first-order valence-electron chi connectivity index (χ1n) is 5.35. The summed E-state index contributed by atoms with van der Waals surface area (Å²) in [5.41, 5.74) is 1.83. The van der Waals surface area contributed by atoms with E-state index in [4.69, 9.17) is 4.74 Å². The molecule has 0 aromatic carbocycles. The van der Waals surface area contributed by atoms with Gasteiger partial charge in [0.25, 0.3) is 0 Å². The molecule has 2 rings (SSSR count). The van der Waals surface area contributed by atoms with Gasteiger partial charge in [0.1, 0.15) is 5.75 Å². The van der Waals surface area contributed by atoms with E-state index in [1.807, 2.05) is 32.2 Å². The highest BCUT2D eigenvalue weighted by Crippen LogP contribution is 2.17. The summed E-state index contributed by atoms with van der Waals surface area (Å²) in [6.45, 7) is 2.62. The maximum Gasteiger partial charge on any atom is 0.238 e. The SMILES string of the molecule is CNCc1ccc(Oc2ccc(C)nc2)nn1. The number of aromatic nitrogens is 3. The van der Waals surface area contributed by atoms with Crippen LogP contribution in [-0.2, 0) is 6.54 Å².